The molecule has 3 rings (SSSR count). The summed E-state index contributed by atoms with van der Waals surface area (Å²) < 4.78 is 0. The average molecular weight is 246 g/mol. The first-order chi connectivity index (χ1) is 8.24. The topological polar surface area (TPSA) is 38.7 Å². The zero-order valence-electron chi connectivity index (χ0n) is 9.52. The van der Waals surface area contributed by atoms with Crippen LogP contribution in [-0.2, 0) is 0 Å². The van der Waals surface area contributed by atoms with Gasteiger partial charge in [-0.1, -0.05) is 11.6 Å². The molecular weight excluding hydrogens is 234 g/mol. The maximum absolute atomic E-state index is 6.06. The number of halogens is 1. The Balaban J connectivity index is 2.11. The summed E-state index contributed by atoms with van der Waals surface area (Å²) in [5.41, 5.74) is 3.07. The van der Waals surface area contributed by atoms with Crippen molar-refractivity contribution in [3.8, 4) is 11.3 Å². The van der Waals surface area contributed by atoms with Crippen LogP contribution in [0.15, 0.2) is 24.5 Å². The standard InChI is InChI=1S/C13H12ClN3/c1-8-7-15-5-4-10(8)11-6-12(14)17-13(16-11)9-2-3-9/h4-7,9H,2-3H2,1H3. The van der Waals surface area contributed by atoms with Crippen LogP contribution in [0.1, 0.15) is 30.1 Å². The van der Waals surface area contributed by atoms with Gasteiger partial charge in [-0.15, -0.1) is 0 Å². The predicted molar refractivity (Wildman–Crippen MR) is 67.0 cm³/mol. The average Bonchev–Trinajstić information content (AvgIpc) is 3.12. The fraction of sp³-hybridized carbons (Fsp3) is 0.308. The molecule has 0 atom stereocenters. The molecule has 3 nitrogen and oxygen atoms in total. The first-order valence-corrected chi connectivity index (χ1v) is 6.07. The molecule has 0 unspecified atom stereocenters. The minimum absolute atomic E-state index is 0.509. The van der Waals surface area contributed by atoms with E-state index in [0.717, 1.165) is 22.6 Å². The molecule has 4 heteroatoms. The molecule has 2 aromatic rings. The van der Waals surface area contributed by atoms with E-state index in [-0.39, 0.29) is 0 Å². The third kappa shape index (κ3) is 2.15. The maximum Gasteiger partial charge on any atom is 0.133 e. The van der Waals surface area contributed by atoms with Gasteiger partial charge in [0, 0.05) is 29.9 Å². The Kier molecular flexibility index (Phi) is 2.56. The van der Waals surface area contributed by atoms with E-state index in [1.165, 1.54) is 12.8 Å². The maximum atomic E-state index is 6.06. The van der Waals surface area contributed by atoms with Gasteiger partial charge in [0.15, 0.2) is 0 Å². The Labute approximate surface area is 105 Å². The third-order valence-electron chi connectivity index (χ3n) is 2.95. The Bertz CT molecular complexity index is 564. The smallest absolute Gasteiger partial charge is 0.133 e. The first kappa shape index (κ1) is 10.7. The number of pyridine rings is 1. The Morgan fingerprint density at radius 2 is 2.12 bits per heavy atom. The number of aromatic nitrogens is 3. The van der Waals surface area contributed by atoms with Gasteiger partial charge >= 0.3 is 0 Å². The van der Waals surface area contributed by atoms with Gasteiger partial charge in [-0.05, 0) is 31.4 Å². The number of hydrogen-bond donors (Lipinski definition) is 0. The Morgan fingerprint density at radius 1 is 1.29 bits per heavy atom. The van der Waals surface area contributed by atoms with Crippen molar-refractivity contribution >= 4 is 11.6 Å². The van der Waals surface area contributed by atoms with E-state index < -0.39 is 0 Å². The van der Waals surface area contributed by atoms with Gasteiger partial charge in [-0.2, -0.15) is 0 Å². The number of nitrogens with zero attached hydrogens (tertiary/aromatic N) is 3. The van der Waals surface area contributed by atoms with E-state index in [1.54, 1.807) is 6.20 Å². The fourth-order valence-electron chi connectivity index (χ4n) is 1.86. The van der Waals surface area contributed by atoms with Gasteiger partial charge in [0.1, 0.15) is 11.0 Å². The minimum atomic E-state index is 0.509. The van der Waals surface area contributed by atoms with Crippen molar-refractivity contribution in [2.24, 2.45) is 0 Å². The third-order valence-corrected chi connectivity index (χ3v) is 3.14. The molecule has 0 aliphatic heterocycles. The van der Waals surface area contributed by atoms with Crippen molar-refractivity contribution in [3.63, 3.8) is 0 Å². The first-order valence-electron chi connectivity index (χ1n) is 5.69. The lowest BCUT2D eigenvalue weighted by Gasteiger charge is -2.06. The van der Waals surface area contributed by atoms with Crippen molar-refractivity contribution in [1.82, 2.24) is 15.0 Å². The molecule has 0 bridgehead atoms. The molecule has 0 spiro atoms. The molecule has 86 valence electrons. The number of rotatable bonds is 2. The summed E-state index contributed by atoms with van der Waals surface area (Å²) in [5, 5.41) is 0.521. The van der Waals surface area contributed by atoms with Gasteiger partial charge in [0.25, 0.3) is 0 Å². The van der Waals surface area contributed by atoms with E-state index in [9.17, 15) is 0 Å². The molecule has 0 aromatic carbocycles. The molecule has 0 radical (unpaired) electrons. The van der Waals surface area contributed by atoms with Gasteiger partial charge in [0.2, 0.25) is 0 Å². The van der Waals surface area contributed by atoms with Gasteiger partial charge in [-0.25, -0.2) is 9.97 Å². The molecule has 0 N–H and O–H groups in total. The Morgan fingerprint density at radius 3 is 2.82 bits per heavy atom. The fourth-order valence-corrected chi connectivity index (χ4v) is 2.05. The lowest BCUT2D eigenvalue weighted by molar-refractivity contribution is 0.930. The van der Waals surface area contributed by atoms with Crippen LogP contribution in [0.3, 0.4) is 0 Å². The molecule has 1 saturated carbocycles. The molecular formula is C13H12ClN3. The van der Waals surface area contributed by atoms with Crippen LogP contribution in [0.2, 0.25) is 5.15 Å². The van der Waals surface area contributed by atoms with Gasteiger partial charge in [0.05, 0.1) is 5.69 Å². The van der Waals surface area contributed by atoms with Gasteiger partial charge < -0.3 is 0 Å². The highest BCUT2D eigenvalue weighted by atomic mass is 35.5. The summed E-state index contributed by atoms with van der Waals surface area (Å²) >= 11 is 6.06. The summed E-state index contributed by atoms with van der Waals surface area (Å²) in [7, 11) is 0. The molecule has 2 heterocycles. The molecule has 1 aliphatic carbocycles. The highest BCUT2D eigenvalue weighted by molar-refractivity contribution is 6.29. The zero-order chi connectivity index (χ0) is 11.8. The SMILES string of the molecule is Cc1cnccc1-c1cc(Cl)nc(C2CC2)n1. The Hall–Kier alpha value is -1.48. The van der Waals surface area contributed by atoms with Crippen molar-refractivity contribution in [2.45, 2.75) is 25.7 Å². The van der Waals surface area contributed by atoms with E-state index in [1.807, 2.05) is 25.3 Å². The summed E-state index contributed by atoms with van der Waals surface area (Å²) in [6, 6.07) is 3.78. The second kappa shape index (κ2) is 4.08. The molecule has 17 heavy (non-hydrogen) atoms. The lowest BCUT2D eigenvalue weighted by Crippen LogP contribution is -1.96. The lowest BCUT2D eigenvalue weighted by atomic mass is 10.1. The van der Waals surface area contributed by atoms with E-state index in [4.69, 9.17) is 11.6 Å². The van der Waals surface area contributed by atoms with Crippen LogP contribution in [-0.4, -0.2) is 15.0 Å². The van der Waals surface area contributed by atoms with E-state index in [2.05, 4.69) is 15.0 Å². The quantitative estimate of drug-likeness (QED) is 0.762. The van der Waals surface area contributed by atoms with Crippen LogP contribution in [0, 0.1) is 6.92 Å². The van der Waals surface area contributed by atoms with Crippen LogP contribution in [0.5, 0.6) is 0 Å². The second-order valence-corrected chi connectivity index (χ2v) is 4.79. The van der Waals surface area contributed by atoms with Crippen LogP contribution in [0.4, 0.5) is 0 Å². The van der Waals surface area contributed by atoms with Crippen LogP contribution < -0.4 is 0 Å². The molecule has 0 saturated heterocycles. The summed E-state index contributed by atoms with van der Waals surface area (Å²) in [4.78, 5) is 13.0. The summed E-state index contributed by atoms with van der Waals surface area (Å²) in [6.07, 6.45) is 5.96. The molecule has 0 amide bonds. The number of hydrogen-bond acceptors (Lipinski definition) is 3. The molecule has 2 aromatic heterocycles. The van der Waals surface area contributed by atoms with E-state index in [0.29, 0.717) is 11.1 Å². The van der Waals surface area contributed by atoms with Crippen LogP contribution in [0.25, 0.3) is 11.3 Å². The normalized spacial score (nSPS) is 14.9. The van der Waals surface area contributed by atoms with Gasteiger partial charge in [-0.3, -0.25) is 4.98 Å². The van der Waals surface area contributed by atoms with E-state index >= 15 is 0 Å². The largest absolute Gasteiger partial charge is 0.264 e. The van der Waals surface area contributed by atoms with Crippen molar-refractivity contribution in [2.75, 3.05) is 0 Å². The monoisotopic (exact) mass is 245 g/mol. The highest BCUT2D eigenvalue weighted by Crippen LogP contribution is 2.39. The minimum Gasteiger partial charge on any atom is -0.264 e. The zero-order valence-corrected chi connectivity index (χ0v) is 10.3. The van der Waals surface area contributed by atoms with Crippen LogP contribution >= 0.6 is 11.6 Å². The number of aryl methyl sites for hydroxylation is 1. The van der Waals surface area contributed by atoms with Crippen molar-refractivity contribution < 1.29 is 0 Å². The molecule has 1 aliphatic rings. The molecule has 1 fully saturated rings. The second-order valence-electron chi connectivity index (χ2n) is 4.40. The van der Waals surface area contributed by atoms with Crippen molar-refractivity contribution in [1.29, 1.82) is 0 Å². The summed E-state index contributed by atoms with van der Waals surface area (Å²) in [5.74, 6) is 1.39. The summed E-state index contributed by atoms with van der Waals surface area (Å²) in [6.45, 7) is 2.02. The van der Waals surface area contributed by atoms with Crippen molar-refractivity contribution in [3.05, 3.63) is 41.1 Å². The predicted octanol–water partition coefficient (Wildman–Crippen LogP) is 3.38. The highest BCUT2D eigenvalue weighted by Gasteiger charge is 2.27.